The molecule has 1 unspecified atom stereocenters. The summed E-state index contributed by atoms with van der Waals surface area (Å²) in [6.07, 6.45) is 75.8. The quantitative estimate of drug-likeness (QED) is 0.0449. The molecule has 0 aromatic heterocycles. The van der Waals surface area contributed by atoms with Crippen molar-refractivity contribution < 1.29 is 14.0 Å². The molecule has 0 saturated heterocycles. The number of rotatable bonds is 61. The molecule has 0 bridgehead atoms. The van der Waals surface area contributed by atoms with Crippen LogP contribution in [0.15, 0.2) is 0 Å². The minimum absolute atomic E-state index is 0.317. The highest BCUT2D eigenvalue weighted by molar-refractivity contribution is 5.79. The van der Waals surface area contributed by atoms with Gasteiger partial charge in [0, 0.05) is 12.8 Å². The second-order valence-electron chi connectivity index (χ2n) is 22.8. The molecule has 0 spiro atoms. The first-order valence-electron chi connectivity index (χ1n) is 32.0. The van der Waals surface area contributed by atoms with Crippen LogP contribution in [0.2, 0.25) is 0 Å². The van der Waals surface area contributed by atoms with Gasteiger partial charge in [-0.05, 0) is 32.1 Å². The average Bonchev–Trinajstić information content (AvgIpc) is 3.33. The lowest BCUT2D eigenvalue weighted by molar-refractivity contribution is -0.910. The van der Waals surface area contributed by atoms with Crippen LogP contribution in [0.3, 0.4) is 0 Å². The number of unbranched alkanes of at least 4 members (excludes halogenated alkanes) is 49. The second kappa shape index (κ2) is 58.2. The van der Waals surface area contributed by atoms with Gasteiger partial charge in [0.15, 0.2) is 5.78 Å². The molecule has 0 aromatic carbocycles. The van der Waals surface area contributed by atoms with Gasteiger partial charge in [-0.25, -0.2) is 0 Å². The number of carbonyl (C=O) groups excluding carboxylic acids is 1. The molecule has 0 radical (unpaired) electrons. The molecule has 0 aliphatic rings. The Balaban J connectivity index is 3.86. The van der Waals surface area contributed by atoms with E-state index < -0.39 is 0 Å². The highest BCUT2D eigenvalue weighted by atomic mass is 16.5. The van der Waals surface area contributed by atoms with Crippen LogP contribution in [0, 0.1) is 0 Å². The fourth-order valence-electron chi connectivity index (χ4n) is 10.8. The minimum Gasteiger partial charge on any atom is -0.373 e. The highest BCUT2D eigenvalue weighted by Gasteiger charge is 2.20. The van der Waals surface area contributed by atoms with Crippen LogP contribution in [-0.2, 0) is 9.53 Å². The zero-order valence-corrected chi connectivity index (χ0v) is 47.5. The molecule has 0 rings (SSSR count). The molecule has 0 aliphatic carbocycles. The normalized spacial score (nSPS) is 12.7. The van der Waals surface area contributed by atoms with Gasteiger partial charge in [-0.2, -0.15) is 0 Å². The Kier molecular flexibility index (Phi) is 57.8. The Morgan fingerprint density at radius 3 is 0.701 bits per heavy atom. The predicted molar refractivity (Wildman–Crippen MR) is 303 cm³/mol. The summed E-state index contributed by atoms with van der Waals surface area (Å²) in [7, 11) is 2.52. The van der Waals surface area contributed by atoms with Gasteiger partial charge in [0.2, 0.25) is 0 Å². The molecule has 3 nitrogen and oxygen atoms in total. The Morgan fingerprint density at radius 1 is 0.269 bits per heavy atom. The van der Waals surface area contributed by atoms with Gasteiger partial charge in [-0.15, -0.1) is 0 Å². The third-order valence-electron chi connectivity index (χ3n) is 15.7. The van der Waals surface area contributed by atoms with Gasteiger partial charge in [0.25, 0.3) is 0 Å². The maximum Gasteiger partial charge on any atom is 0.158 e. The molecule has 0 amide bonds. The molecule has 0 aliphatic heterocycles. The van der Waals surface area contributed by atoms with Crippen LogP contribution in [0.5, 0.6) is 0 Å². The van der Waals surface area contributed by atoms with E-state index in [4.69, 9.17) is 4.74 Å². The van der Waals surface area contributed by atoms with Gasteiger partial charge < -0.3 is 9.22 Å². The van der Waals surface area contributed by atoms with E-state index in [1.807, 2.05) is 0 Å². The third kappa shape index (κ3) is 56.4. The van der Waals surface area contributed by atoms with Gasteiger partial charge in [-0.1, -0.05) is 323 Å². The van der Waals surface area contributed by atoms with E-state index in [1.54, 1.807) is 0 Å². The van der Waals surface area contributed by atoms with Crippen molar-refractivity contribution in [2.24, 2.45) is 0 Å². The summed E-state index contributed by atoms with van der Waals surface area (Å²) in [6.45, 7) is 11.8. The number of hydrogen-bond donors (Lipinski definition) is 0. The van der Waals surface area contributed by atoms with Crippen LogP contribution in [0.25, 0.3) is 0 Å². The topological polar surface area (TPSA) is 26.3 Å². The van der Waals surface area contributed by atoms with Crippen molar-refractivity contribution in [2.75, 3.05) is 39.9 Å². The van der Waals surface area contributed by atoms with Gasteiger partial charge in [0.1, 0.15) is 6.61 Å². The molecule has 0 aromatic rings. The molecule has 402 valence electrons. The van der Waals surface area contributed by atoms with E-state index >= 15 is 0 Å². The smallest absolute Gasteiger partial charge is 0.158 e. The van der Waals surface area contributed by atoms with Gasteiger partial charge in [0.05, 0.1) is 33.3 Å². The van der Waals surface area contributed by atoms with Crippen LogP contribution in [-0.4, -0.2) is 50.2 Å². The van der Waals surface area contributed by atoms with Crippen LogP contribution in [0.1, 0.15) is 367 Å². The number of quaternary nitrogens is 1. The summed E-state index contributed by atoms with van der Waals surface area (Å²) in [5, 5.41) is 0. The average molecular weight is 946 g/mol. The van der Waals surface area contributed by atoms with E-state index in [1.165, 1.54) is 352 Å². The highest BCUT2D eigenvalue weighted by Crippen LogP contribution is 2.19. The lowest BCUT2D eigenvalue weighted by atomic mass is 10.0. The number of hydrogen-bond acceptors (Lipinski definition) is 2. The van der Waals surface area contributed by atoms with E-state index in [0.717, 1.165) is 19.4 Å². The van der Waals surface area contributed by atoms with Crippen molar-refractivity contribution in [3.05, 3.63) is 0 Å². The number of nitrogens with zero attached hydrogens (tertiary/aromatic N) is 1. The number of carbonyl (C=O) groups is 1. The Morgan fingerprint density at radius 2 is 0.463 bits per heavy atom. The van der Waals surface area contributed by atoms with Crippen LogP contribution in [0.4, 0.5) is 0 Å². The first kappa shape index (κ1) is 66.6. The molecule has 0 heterocycles. The van der Waals surface area contributed by atoms with E-state index in [0.29, 0.717) is 18.8 Å². The van der Waals surface area contributed by atoms with Crippen LogP contribution < -0.4 is 0 Å². The summed E-state index contributed by atoms with van der Waals surface area (Å²) in [5.74, 6) is 0.317. The molecule has 0 saturated carbocycles. The monoisotopic (exact) mass is 945 g/mol. The summed E-state index contributed by atoms with van der Waals surface area (Å²) >= 11 is 0. The molecule has 3 heteroatoms. The van der Waals surface area contributed by atoms with Crippen molar-refractivity contribution in [3.8, 4) is 0 Å². The Hall–Kier alpha value is -0.410. The molecule has 1 atom stereocenters. The molecular weight excluding hydrogens is 815 g/mol. The maximum atomic E-state index is 12.5. The number of Topliss-reactive ketones (excluding diaryl/α,β-unsaturated/α-hetero) is 1. The first-order chi connectivity index (χ1) is 33.1. The predicted octanol–water partition coefficient (Wildman–Crippen LogP) is 22.1. The summed E-state index contributed by atoms with van der Waals surface area (Å²) in [5.41, 5.74) is 0. The summed E-state index contributed by atoms with van der Waals surface area (Å²) < 4.78 is 7.16. The Labute approximate surface area is 425 Å². The van der Waals surface area contributed by atoms with Crippen molar-refractivity contribution >= 4 is 5.78 Å². The van der Waals surface area contributed by atoms with E-state index in [2.05, 4.69) is 27.8 Å². The van der Waals surface area contributed by atoms with Crippen molar-refractivity contribution in [3.63, 3.8) is 0 Å². The third-order valence-corrected chi connectivity index (χ3v) is 15.7. The molecule has 67 heavy (non-hydrogen) atoms. The van der Waals surface area contributed by atoms with Crippen molar-refractivity contribution in [1.82, 2.24) is 0 Å². The van der Waals surface area contributed by atoms with Crippen molar-refractivity contribution in [2.45, 2.75) is 367 Å². The zero-order chi connectivity index (χ0) is 48.5. The molecular formula is C64H130NO2+. The standard InChI is InChI=1S/C64H130NO2/c1-5-8-11-14-17-20-22-24-26-28-29-30-31-32-33-34-35-36-37-38-39-41-43-45-47-50-53-56-60-65(4,59-55-52-49-19-16-13-10-7-3)61-57-62-67-63-64(66)58-54-51-48-46-44-42-40-27-25-23-21-18-15-12-9-6-2/h5-63H2,1-4H3/q+1. The maximum absolute atomic E-state index is 12.5. The number of ether oxygens (including phenoxy) is 1. The summed E-state index contributed by atoms with van der Waals surface area (Å²) in [6, 6.07) is 0. The van der Waals surface area contributed by atoms with E-state index in [9.17, 15) is 4.79 Å². The Bertz CT molecular complexity index is 905. The van der Waals surface area contributed by atoms with E-state index in [-0.39, 0.29) is 0 Å². The van der Waals surface area contributed by atoms with Crippen molar-refractivity contribution in [1.29, 1.82) is 0 Å². The van der Waals surface area contributed by atoms with Gasteiger partial charge in [-0.3, -0.25) is 4.79 Å². The lowest BCUT2D eigenvalue weighted by Crippen LogP contribution is -2.46. The largest absolute Gasteiger partial charge is 0.373 e. The van der Waals surface area contributed by atoms with Crippen LogP contribution >= 0.6 is 0 Å². The summed E-state index contributed by atoms with van der Waals surface area (Å²) in [4.78, 5) is 12.5. The minimum atomic E-state index is 0.317. The van der Waals surface area contributed by atoms with Gasteiger partial charge >= 0.3 is 0 Å². The second-order valence-corrected chi connectivity index (χ2v) is 22.8. The molecule has 0 N–H and O–H groups in total. The lowest BCUT2D eigenvalue weighted by Gasteiger charge is -2.35. The number of ketones is 1. The fraction of sp³-hybridized carbons (Fsp3) is 0.984. The molecule has 0 fully saturated rings. The first-order valence-corrected chi connectivity index (χ1v) is 32.0. The fourth-order valence-corrected chi connectivity index (χ4v) is 10.8. The zero-order valence-electron chi connectivity index (χ0n) is 47.5. The SMILES string of the molecule is CCCCCCCCCCCCCCCCCCCCCCCCCCCCCC[N+](C)(CCCCCCCCCC)CCCOCC(=O)CCCCCCCCCCCCCCCCCC.